The molecule has 1 aromatic carbocycles. The van der Waals surface area contributed by atoms with E-state index >= 15 is 0 Å². The molecule has 0 saturated heterocycles. The predicted octanol–water partition coefficient (Wildman–Crippen LogP) is 3.46. The molecule has 4 nitrogen and oxygen atoms in total. The number of halogens is 1. The van der Waals surface area contributed by atoms with Crippen molar-refractivity contribution in [2.75, 3.05) is 0 Å². The minimum atomic E-state index is -0.298. The zero-order valence-corrected chi connectivity index (χ0v) is 13.5. The highest BCUT2D eigenvalue weighted by Crippen LogP contribution is 2.31. The van der Waals surface area contributed by atoms with Gasteiger partial charge < -0.3 is 0 Å². The fourth-order valence-electron chi connectivity index (χ4n) is 2.90. The van der Waals surface area contributed by atoms with E-state index < -0.39 is 0 Å². The van der Waals surface area contributed by atoms with Gasteiger partial charge in [-0.05, 0) is 37.1 Å². The average molecular weight is 340 g/mol. The molecule has 1 aliphatic heterocycles. The third-order valence-corrected chi connectivity index (χ3v) is 5.05. The number of allylic oxidation sites excluding steroid dienone is 1. The van der Waals surface area contributed by atoms with Crippen molar-refractivity contribution in [3.8, 4) is 10.6 Å². The van der Waals surface area contributed by atoms with Crippen LogP contribution in [0, 0.1) is 5.82 Å². The van der Waals surface area contributed by atoms with E-state index in [1.165, 1.54) is 28.4 Å². The zero-order chi connectivity index (χ0) is 16.7. The van der Waals surface area contributed by atoms with E-state index in [9.17, 15) is 14.0 Å². The van der Waals surface area contributed by atoms with Crippen LogP contribution in [-0.4, -0.2) is 21.7 Å². The van der Waals surface area contributed by atoms with Crippen molar-refractivity contribution < 1.29 is 14.0 Å². The van der Waals surface area contributed by atoms with Gasteiger partial charge in [-0.1, -0.05) is 12.2 Å². The summed E-state index contributed by atoms with van der Waals surface area (Å²) in [5.41, 5.74) is 2.59. The first kappa shape index (κ1) is 15.0. The summed E-state index contributed by atoms with van der Waals surface area (Å²) < 4.78 is 13.0. The number of carbonyl (C=O) groups is 2. The topological polar surface area (TPSA) is 50.3 Å². The highest BCUT2D eigenvalue weighted by Gasteiger charge is 2.37. The summed E-state index contributed by atoms with van der Waals surface area (Å²) >= 11 is 1.41. The molecule has 0 unspecified atom stereocenters. The molecule has 6 heteroatoms. The van der Waals surface area contributed by atoms with Crippen molar-refractivity contribution in [3.63, 3.8) is 0 Å². The van der Waals surface area contributed by atoms with Crippen LogP contribution in [0.2, 0.25) is 0 Å². The van der Waals surface area contributed by atoms with Crippen LogP contribution in [0.25, 0.3) is 10.6 Å². The van der Waals surface area contributed by atoms with Crippen LogP contribution in [0.1, 0.15) is 18.5 Å². The Bertz CT molecular complexity index is 896. The van der Waals surface area contributed by atoms with Gasteiger partial charge in [0.2, 0.25) is 0 Å². The molecule has 0 spiro atoms. The van der Waals surface area contributed by atoms with Crippen molar-refractivity contribution in [2.45, 2.75) is 19.4 Å². The van der Waals surface area contributed by atoms with Gasteiger partial charge in [0.1, 0.15) is 10.8 Å². The highest BCUT2D eigenvalue weighted by molar-refractivity contribution is 7.13. The Hall–Kier alpha value is -2.60. The van der Waals surface area contributed by atoms with Gasteiger partial charge in [0.15, 0.2) is 0 Å². The molecular weight excluding hydrogens is 327 g/mol. The first-order valence-electron chi connectivity index (χ1n) is 7.60. The molecule has 1 aliphatic carbocycles. The summed E-state index contributed by atoms with van der Waals surface area (Å²) in [4.78, 5) is 30.5. The van der Waals surface area contributed by atoms with Crippen molar-refractivity contribution in [1.82, 2.24) is 9.88 Å². The molecule has 0 N–H and O–H groups in total. The maximum absolute atomic E-state index is 13.0. The number of aromatic nitrogens is 1. The summed E-state index contributed by atoms with van der Waals surface area (Å²) in [5, 5.41) is 2.56. The Balaban J connectivity index is 1.55. The van der Waals surface area contributed by atoms with Crippen molar-refractivity contribution in [2.24, 2.45) is 0 Å². The number of thiazole rings is 1. The lowest BCUT2D eigenvalue weighted by molar-refractivity contribution is -0.138. The summed E-state index contributed by atoms with van der Waals surface area (Å²) in [5.74, 6) is -0.758. The molecule has 0 radical (unpaired) electrons. The predicted molar refractivity (Wildman–Crippen MR) is 88.5 cm³/mol. The maximum Gasteiger partial charge on any atom is 0.261 e. The fraction of sp³-hybridized carbons (Fsp3) is 0.167. The minimum absolute atomic E-state index is 0.163. The van der Waals surface area contributed by atoms with Crippen LogP contribution < -0.4 is 0 Å². The second kappa shape index (κ2) is 5.79. The van der Waals surface area contributed by atoms with E-state index in [0.29, 0.717) is 23.3 Å². The van der Waals surface area contributed by atoms with Gasteiger partial charge in [-0.2, -0.15) is 0 Å². The lowest BCUT2D eigenvalue weighted by Crippen LogP contribution is -2.31. The lowest BCUT2D eigenvalue weighted by Gasteiger charge is -2.12. The Kier molecular flexibility index (Phi) is 3.61. The Morgan fingerprint density at radius 2 is 1.96 bits per heavy atom. The van der Waals surface area contributed by atoms with E-state index in [2.05, 4.69) is 4.98 Å². The van der Waals surface area contributed by atoms with E-state index in [4.69, 9.17) is 0 Å². The Morgan fingerprint density at radius 3 is 2.71 bits per heavy atom. The van der Waals surface area contributed by atoms with Gasteiger partial charge >= 0.3 is 0 Å². The molecule has 2 aliphatic rings. The van der Waals surface area contributed by atoms with Crippen LogP contribution in [0.3, 0.4) is 0 Å². The average Bonchev–Trinajstić information content (AvgIpc) is 3.16. The minimum Gasteiger partial charge on any atom is -0.269 e. The van der Waals surface area contributed by atoms with Crippen molar-refractivity contribution >= 4 is 23.2 Å². The number of amides is 2. The molecule has 1 aromatic heterocycles. The quantitative estimate of drug-likeness (QED) is 0.804. The van der Waals surface area contributed by atoms with Gasteiger partial charge in [-0.3, -0.25) is 14.5 Å². The van der Waals surface area contributed by atoms with Crippen LogP contribution in [0.4, 0.5) is 4.39 Å². The standard InChI is InChI=1S/C18H13FN2O2S/c19-12-7-5-11(6-8-12)16-20-13(10-24-16)9-21-17(22)14-3-1-2-4-15(14)18(21)23/h1,3,5-8,10H,2,4,9H2. The second-order valence-electron chi connectivity index (χ2n) is 5.68. The molecule has 2 heterocycles. The molecule has 4 rings (SSSR count). The number of nitrogens with zero attached hydrogens (tertiary/aromatic N) is 2. The summed E-state index contributed by atoms with van der Waals surface area (Å²) in [6.45, 7) is 0.163. The zero-order valence-electron chi connectivity index (χ0n) is 12.7. The Labute approximate surface area is 141 Å². The Morgan fingerprint density at radius 1 is 1.17 bits per heavy atom. The molecule has 24 heavy (non-hydrogen) atoms. The number of hydrogen-bond donors (Lipinski definition) is 0. The number of benzene rings is 1. The van der Waals surface area contributed by atoms with E-state index in [0.717, 1.165) is 17.0 Å². The summed E-state index contributed by atoms with van der Waals surface area (Å²) in [6, 6.07) is 6.09. The molecule has 0 bridgehead atoms. The van der Waals surface area contributed by atoms with Gasteiger partial charge in [0.25, 0.3) is 11.8 Å². The number of carbonyl (C=O) groups excluding carboxylic acids is 2. The number of imide groups is 1. The van der Waals surface area contributed by atoms with Gasteiger partial charge in [-0.25, -0.2) is 9.37 Å². The van der Waals surface area contributed by atoms with E-state index in [1.54, 1.807) is 18.2 Å². The third-order valence-electron chi connectivity index (χ3n) is 4.11. The molecule has 0 fully saturated rings. The highest BCUT2D eigenvalue weighted by atomic mass is 32.1. The smallest absolute Gasteiger partial charge is 0.261 e. The van der Waals surface area contributed by atoms with Gasteiger partial charge in [0, 0.05) is 22.1 Å². The van der Waals surface area contributed by atoms with Crippen molar-refractivity contribution in [1.29, 1.82) is 0 Å². The van der Waals surface area contributed by atoms with Crippen LogP contribution in [0.5, 0.6) is 0 Å². The monoisotopic (exact) mass is 340 g/mol. The summed E-state index contributed by atoms with van der Waals surface area (Å²) in [7, 11) is 0. The van der Waals surface area contributed by atoms with Gasteiger partial charge in [-0.15, -0.1) is 11.3 Å². The molecule has 0 saturated carbocycles. The van der Waals surface area contributed by atoms with Crippen LogP contribution >= 0.6 is 11.3 Å². The van der Waals surface area contributed by atoms with Crippen LogP contribution in [-0.2, 0) is 16.1 Å². The van der Waals surface area contributed by atoms with Crippen molar-refractivity contribution in [3.05, 3.63) is 64.5 Å². The molecule has 120 valence electrons. The first-order valence-corrected chi connectivity index (χ1v) is 8.47. The normalized spacial score (nSPS) is 17.0. The lowest BCUT2D eigenvalue weighted by atomic mass is 10.00. The number of hydrogen-bond acceptors (Lipinski definition) is 4. The second-order valence-corrected chi connectivity index (χ2v) is 6.54. The number of rotatable bonds is 3. The van der Waals surface area contributed by atoms with Crippen LogP contribution in [0.15, 0.2) is 52.9 Å². The molecular formula is C18H13FN2O2S. The third kappa shape index (κ3) is 2.49. The van der Waals surface area contributed by atoms with E-state index in [1.807, 2.05) is 11.5 Å². The molecule has 2 amide bonds. The molecule has 2 aromatic rings. The SMILES string of the molecule is O=C1C2=C(CCC=C2)C(=O)N1Cc1csc(-c2ccc(F)cc2)n1. The maximum atomic E-state index is 13.0. The molecule has 0 atom stereocenters. The van der Waals surface area contributed by atoms with E-state index in [-0.39, 0.29) is 24.2 Å². The summed E-state index contributed by atoms with van der Waals surface area (Å²) in [6.07, 6.45) is 5.06. The first-order chi connectivity index (χ1) is 11.6. The van der Waals surface area contributed by atoms with Gasteiger partial charge in [0.05, 0.1) is 12.2 Å². The fourth-order valence-corrected chi connectivity index (χ4v) is 3.71. The largest absolute Gasteiger partial charge is 0.269 e.